The summed E-state index contributed by atoms with van der Waals surface area (Å²) in [5.41, 5.74) is -0.822. The number of aliphatic hydroxyl groups is 1. The molecule has 1 heterocycles. The highest BCUT2D eigenvalue weighted by Gasteiger charge is 2.48. The maximum atomic E-state index is 12.4. The largest absolute Gasteiger partial charge is 0.462 e. The molecule has 4 nitrogen and oxygen atoms in total. The summed E-state index contributed by atoms with van der Waals surface area (Å²) in [4.78, 5) is 12.4. The highest BCUT2D eigenvalue weighted by atomic mass is 28.4. The van der Waals surface area contributed by atoms with Gasteiger partial charge in [0.25, 0.3) is 0 Å². The Labute approximate surface area is 198 Å². The molecule has 0 bridgehead atoms. The molecule has 0 spiro atoms. The smallest absolute Gasteiger partial charge is 0.306 e. The van der Waals surface area contributed by atoms with E-state index < -0.39 is 13.9 Å². The van der Waals surface area contributed by atoms with Crippen LogP contribution in [0, 0.1) is 11.8 Å². The summed E-state index contributed by atoms with van der Waals surface area (Å²) in [6, 6.07) is 0. The van der Waals surface area contributed by atoms with Crippen LogP contribution in [0.1, 0.15) is 92.4 Å². The van der Waals surface area contributed by atoms with E-state index in [1.165, 1.54) is 0 Å². The summed E-state index contributed by atoms with van der Waals surface area (Å²) in [6.45, 7) is 15.4. The third-order valence-electron chi connectivity index (χ3n) is 7.69. The van der Waals surface area contributed by atoms with Crippen LogP contribution in [-0.2, 0) is 14.0 Å². The zero-order valence-corrected chi connectivity index (χ0v) is 22.7. The highest BCUT2D eigenvalue weighted by molar-refractivity contribution is 6.74. The van der Waals surface area contributed by atoms with Crippen LogP contribution in [0.4, 0.5) is 0 Å². The first-order valence-corrected chi connectivity index (χ1v) is 15.7. The second-order valence-electron chi connectivity index (χ2n) is 11.7. The Balaban J connectivity index is 2.31. The van der Waals surface area contributed by atoms with E-state index in [1.54, 1.807) is 0 Å². The van der Waals surface area contributed by atoms with Gasteiger partial charge in [-0.25, -0.2) is 0 Å². The lowest BCUT2D eigenvalue weighted by molar-refractivity contribution is -0.151. The van der Waals surface area contributed by atoms with Crippen molar-refractivity contribution in [3.8, 4) is 0 Å². The molecular formula is C27H48O4Si. The molecule has 1 aliphatic heterocycles. The maximum Gasteiger partial charge on any atom is 0.306 e. The van der Waals surface area contributed by atoms with Gasteiger partial charge in [-0.1, -0.05) is 71.3 Å². The summed E-state index contributed by atoms with van der Waals surface area (Å²) >= 11 is 0. The monoisotopic (exact) mass is 464 g/mol. The van der Waals surface area contributed by atoms with E-state index in [4.69, 9.17) is 9.16 Å². The molecule has 0 radical (unpaired) electrons. The molecule has 1 fully saturated rings. The topological polar surface area (TPSA) is 55.8 Å². The molecule has 1 saturated carbocycles. The first-order chi connectivity index (χ1) is 14.9. The van der Waals surface area contributed by atoms with Gasteiger partial charge in [0, 0.05) is 24.7 Å². The van der Waals surface area contributed by atoms with Crippen LogP contribution in [0.25, 0.3) is 0 Å². The molecule has 0 aromatic carbocycles. The van der Waals surface area contributed by atoms with Gasteiger partial charge < -0.3 is 14.3 Å². The second-order valence-corrected chi connectivity index (χ2v) is 16.5. The lowest BCUT2D eigenvalue weighted by Crippen LogP contribution is -2.45. The van der Waals surface area contributed by atoms with Crippen molar-refractivity contribution >= 4 is 14.3 Å². The Morgan fingerprint density at radius 2 is 1.94 bits per heavy atom. The predicted octanol–water partition coefficient (Wildman–Crippen LogP) is 6.94. The number of allylic oxidation sites excluding steroid dienone is 2. The SMILES string of the molecule is CCCCC[C@](C)(O)/C=C/[C@@H]1[C@H]2C/C=C\CCCC(=O)O[C@H]2C[C@H]1O[Si](C)(C)C(C)(C)C. The molecule has 0 unspecified atom stereocenters. The molecule has 0 aromatic rings. The van der Waals surface area contributed by atoms with Gasteiger partial charge in [0.1, 0.15) is 6.10 Å². The van der Waals surface area contributed by atoms with Crippen molar-refractivity contribution in [2.45, 2.75) is 128 Å². The van der Waals surface area contributed by atoms with Crippen molar-refractivity contribution in [3.05, 3.63) is 24.3 Å². The first-order valence-electron chi connectivity index (χ1n) is 12.8. The van der Waals surface area contributed by atoms with Crippen LogP contribution >= 0.6 is 0 Å². The number of rotatable bonds is 8. The number of ether oxygens (including phenoxy) is 1. The number of carbonyl (C=O) groups excluding carboxylic acids is 1. The minimum Gasteiger partial charge on any atom is -0.462 e. The van der Waals surface area contributed by atoms with Gasteiger partial charge in [0.2, 0.25) is 0 Å². The Morgan fingerprint density at radius 1 is 1.22 bits per heavy atom. The number of esters is 1. The van der Waals surface area contributed by atoms with Crippen molar-refractivity contribution in [2.75, 3.05) is 0 Å². The third-order valence-corrected chi connectivity index (χ3v) is 12.2. The Morgan fingerprint density at radius 3 is 2.59 bits per heavy atom. The van der Waals surface area contributed by atoms with E-state index in [-0.39, 0.29) is 35.1 Å². The molecule has 5 heteroatoms. The first kappa shape index (κ1) is 27.3. The fourth-order valence-corrected chi connectivity index (χ4v) is 5.94. The van der Waals surface area contributed by atoms with Crippen molar-refractivity contribution in [1.29, 1.82) is 0 Å². The average molecular weight is 465 g/mol. The lowest BCUT2D eigenvalue weighted by Gasteiger charge is -2.40. The standard InChI is InChI=1S/C27H48O4Si/c1-8-9-14-18-27(5,29)19-17-22-21-15-12-10-11-13-16-25(28)30-23(21)20-24(22)31-32(6,7)26(2,3)4/h10,12,17,19,21-24,29H,8-9,11,13-16,18,20H2,1-7H3/b12-10-,19-17+/t21-,22-,23+,24-,27+/m1/s1. The zero-order chi connectivity index (χ0) is 24.0. The normalized spacial score (nSPS) is 30.6. The highest BCUT2D eigenvalue weighted by Crippen LogP contribution is 2.45. The molecule has 0 amide bonds. The quantitative estimate of drug-likeness (QED) is 0.183. The number of fused-ring (bicyclic) bond motifs is 1. The summed E-state index contributed by atoms with van der Waals surface area (Å²) in [7, 11) is -1.99. The van der Waals surface area contributed by atoms with Gasteiger partial charge in [0.05, 0.1) is 11.7 Å². The van der Waals surface area contributed by atoms with Gasteiger partial charge in [-0.15, -0.1) is 0 Å². The molecule has 2 rings (SSSR count). The lowest BCUT2D eigenvalue weighted by atomic mass is 9.87. The summed E-state index contributed by atoms with van der Waals surface area (Å²) in [6.07, 6.45) is 16.5. The van der Waals surface area contributed by atoms with Crippen LogP contribution in [-0.4, -0.2) is 37.2 Å². The molecule has 5 atom stereocenters. The van der Waals surface area contributed by atoms with Crippen LogP contribution in [0.3, 0.4) is 0 Å². The Hall–Kier alpha value is -0.913. The van der Waals surface area contributed by atoms with E-state index in [9.17, 15) is 9.90 Å². The predicted molar refractivity (Wildman–Crippen MR) is 135 cm³/mol. The summed E-state index contributed by atoms with van der Waals surface area (Å²) in [5, 5.41) is 11.1. The summed E-state index contributed by atoms with van der Waals surface area (Å²) in [5.74, 6) is 0.229. The molecule has 2 aliphatic rings. The van der Waals surface area contributed by atoms with Crippen molar-refractivity contribution in [1.82, 2.24) is 0 Å². The van der Waals surface area contributed by atoms with Gasteiger partial charge >= 0.3 is 5.97 Å². The van der Waals surface area contributed by atoms with Gasteiger partial charge in [-0.05, 0) is 50.7 Å². The van der Waals surface area contributed by atoms with Crippen molar-refractivity contribution in [3.63, 3.8) is 0 Å². The van der Waals surface area contributed by atoms with Crippen LogP contribution in [0.2, 0.25) is 18.1 Å². The Kier molecular flexibility index (Phi) is 9.81. The van der Waals surface area contributed by atoms with E-state index in [0.717, 1.165) is 51.4 Å². The number of hydrogen-bond donors (Lipinski definition) is 1. The second kappa shape index (κ2) is 11.5. The van der Waals surface area contributed by atoms with E-state index in [2.05, 4.69) is 59.0 Å². The minimum atomic E-state index is -1.99. The van der Waals surface area contributed by atoms with E-state index in [1.807, 2.05) is 13.0 Å². The molecule has 32 heavy (non-hydrogen) atoms. The van der Waals surface area contributed by atoms with Gasteiger partial charge in [0.15, 0.2) is 8.32 Å². The molecular weight excluding hydrogens is 416 g/mol. The number of hydrogen-bond acceptors (Lipinski definition) is 4. The van der Waals surface area contributed by atoms with Crippen molar-refractivity contribution in [2.24, 2.45) is 11.8 Å². The van der Waals surface area contributed by atoms with Gasteiger partial charge in [-0.2, -0.15) is 0 Å². The fraction of sp³-hybridized carbons (Fsp3) is 0.815. The number of unbranched alkanes of at least 4 members (excludes halogenated alkanes) is 2. The molecule has 1 N–H and O–H groups in total. The minimum absolute atomic E-state index is 0.00976. The number of carbonyl (C=O) groups is 1. The fourth-order valence-electron chi connectivity index (χ4n) is 4.58. The third kappa shape index (κ3) is 7.84. The van der Waals surface area contributed by atoms with E-state index >= 15 is 0 Å². The zero-order valence-electron chi connectivity index (χ0n) is 21.7. The van der Waals surface area contributed by atoms with Gasteiger partial charge in [-0.3, -0.25) is 4.79 Å². The molecule has 1 aliphatic carbocycles. The summed E-state index contributed by atoms with van der Waals surface area (Å²) < 4.78 is 12.9. The van der Waals surface area contributed by atoms with Crippen molar-refractivity contribution < 1.29 is 19.1 Å². The Bertz CT molecular complexity index is 659. The van der Waals surface area contributed by atoms with Crippen LogP contribution in [0.15, 0.2) is 24.3 Å². The molecule has 0 aromatic heterocycles. The van der Waals surface area contributed by atoms with Crippen LogP contribution in [0.5, 0.6) is 0 Å². The van der Waals surface area contributed by atoms with E-state index in [0.29, 0.717) is 6.42 Å². The maximum absolute atomic E-state index is 12.4. The molecule has 184 valence electrons. The average Bonchev–Trinajstić information content (AvgIpc) is 2.97. The van der Waals surface area contributed by atoms with Crippen LogP contribution < -0.4 is 0 Å². The molecule has 0 saturated heterocycles.